The molecule has 0 heterocycles. The quantitative estimate of drug-likeness (QED) is 0.328. The van der Waals surface area contributed by atoms with Crippen LogP contribution in [0, 0.1) is 28.4 Å². The molecule has 7 nitrogen and oxygen atoms in total. The summed E-state index contributed by atoms with van der Waals surface area (Å²) < 4.78 is 31.2. The maximum absolute atomic E-state index is 13.6. The number of hydrazone groups is 1. The Hall–Kier alpha value is -3.02. The SMILES string of the molecule is COC(=O)c1ccc(F)c(F)c1N/N=C(\C#N)C(=N)N. The van der Waals surface area contributed by atoms with E-state index in [2.05, 4.69) is 9.84 Å². The van der Waals surface area contributed by atoms with E-state index in [4.69, 9.17) is 16.4 Å². The zero-order chi connectivity index (χ0) is 15.3. The molecule has 0 fully saturated rings. The molecule has 104 valence electrons. The molecule has 1 aromatic carbocycles. The van der Waals surface area contributed by atoms with Gasteiger partial charge in [-0.1, -0.05) is 0 Å². The fourth-order valence-electron chi connectivity index (χ4n) is 1.20. The van der Waals surface area contributed by atoms with Gasteiger partial charge in [-0.05, 0) is 12.1 Å². The first-order valence-electron chi connectivity index (χ1n) is 5.06. The molecular weight excluding hydrogens is 272 g/mol. The first-order chi connectivity index (χ1) is 9.42. The number of methoxy groups -OCH3 is 1. The fourth-order valence-corrected chi connectivity index (χ4v) is 1.20. The fraction of sp³-hybridized carbons (Fsp3) is 0.0909. The minimum Gasteiger partial charge on any atom is -0.465 e. The summed E-state index contributed by atoms with van der Waals surface area (Å²) in [5.74, 6) is -4.20. The molecular formula is C11H9F2N5O2. The van der Waals surface area contributed by atoms with Crippen LogP contribution in [0.5, 0.6) is 0 Å². The number of halogens is 2. The van der Waals surface area contributed by atoms with Gasteiger partial charge in [-0.25, -0.2) is 13.6 Å². The monoisotopic (exact) mass is 281 g/mol. The molecule has 0 saturated carbocycles. The van der Waals surface area contributed by atoms with Crippen LogP contribution in [0.4, 0.5) is 14.5 Å². The lowest BCUT2D eigenvalue weighted by molar-refractivity contribution is 0.0601. The van der Waals surface area contributed by atoms with Crippen LogP contribution < -0.4 is 11.2 Å². The maximum Gasteiger partial charge on any atom is 0.340 e. The van der Waals surface area contributed by atoms with Crippen LogP contribution in [-0.4, -0.2) is 24.6 Å². The minimum atomic E-state index is -1.38. The number of ether oxygens (including phenoxy) is 1. The molecule has 0 saturated heterocycles. The normalized spacial score (nSPS) is 10.6. The van der Waals surface area contributed by atoms with E-state index in [1.165, 1.54) is 6.07 Å². The summed E-state index contributed by atoms with van der Waals surface area (Å²) in [6.45, 7) is 0. The third-order valence-corrected chi connectivity index (χ3v) is 2.14. The smallest absolute Gasteiger partial charge is 0.340 e. The Morgan fingerprint density at radius 2 is 2.20 bits per heavy atom. The molecule has 0 aliphatic carbocycles. The molecule has 1 rings (SSSR count). The van der Waals surface area contributed by atoms with Gasteiger partial charge in [0.15, 0.2) is 17.5 Å². The predicted molar refractivity (Wildman–Crippen MR) is 66.3 cm³/mol. The average molecular weight is 281 g/mol. The van der Waals surface area contributed by atoms with E-state index in [-0.39, 0.29) is 5.56 Å². The molecule has 0 bridgehead atoms. The van der Waals surface area contributed by atoms with Gasteiger partial charge in [0.05, 0.1) is 12.7 Å². The van der Waals surface area contributed by atoms with E-state index in [1.807, 2.05) is 5.43 Å². The van der Waals surface area contributed by atoms with Gasteiger partial charge in [0.25, 0.3) is 0 Å². The molecule has 20 heavy (non-hydrogen) atoms. The van der Waals surface area contributed by atoms with Crippen LogP contribution in [0.2, 0.25) is 0 Å². The third kappa shape index (κ3) is 3.05. The summed E-state index contributed by atoms with van der Waals surface area (Å²) in [5.41, 5.74) is 5.54. The number of carbonyl (C=O) groups is 1. The van der Waals surface area contributed by atoms with E-state index < -0.39 is 34.8 Å². The summed E-state index contributed by atoms with van der Waals surface area (Å²) in [5, 5.41) is 19.0. The highest BCUT2D eigenvalue weighted by Crippen LogP contribution is 2.23. The Morgan fingerprint density at radius 1 is 1.55 bits per heavy atom. The number of anilines is 1. The molecule has 0 aliphatic heterocycles. The summed E-state index contributed by atoms with van der Waals surface area (Å²) >= 11 is 0. The predicted octanol–water partition coefficient (Wildman–Crippen LogP) is 0.979. The highest BCUT2D eigenvalue weighted by atomic mass is 19.2. The molecule has 0 amide bonds. The van der Waals surface area contributed by atoms with Crippen molar-refractivity contribution in [3.05, 3.63) is 29.3 Å². The Bertz CT molecular complexity index is 636. The number of hydrogen-bond donors (Lipinski definition) is 3. The highest BCUT2D eigenvalue weighted by molar-refractivity contribution is 6.45. The molecule has 0 aromatic heterocycles. The second-order valence-corrected chi connectivity index (χ2v) is 3.37. The largest absolute Gasteiger partial charge is 0.465 e. The lowest BCUT2D eigenvalue weighted by Crippen LogP contribution is -2.22. The molecule has 0 aliphatic rings. The number of nitrogens with one attached hydrogen (secondary N) is 2. The van der Waals surface area contributed by atoms with Crippen molar-refractivity contribution in [2.75, 3.05) is 12.5 Å². The number of benzene rings is 1. The van der Waals surface area contributed by atoms with E-state index in [0.717, 1.165) is 19.2 Å². The lowest BCUT2D eigenvalue weighted by Gasteiger charge is -2.09. The standard InChI is InChI=1S/C11H9F2N5O2/c1-20-11(19)5-2-3-6(12)8(13)9(5)18-17-7(4-14)10(15)16/h2-3,18H,1H3,(H3,15,16)/b17-7+. The van der Waals surface area contributed by atoms with Crippen molar-refractivity contribution in [2.24, 2.45) is 10.8 Å². The second kappa shape index (κ2) is 6.24. The molecule has 4 N–H and O–H groups in total. The number of nitriles is 1. The minimum absolute atomic E-state index is 0.323. The molecule has 9 heteroatoms. The number of rotatable bonds is 4. The van der Waals surface area contributed by atoms with Crippen molar-refractivity contribution in [3.63, 3.8) is 0 Å². The molecule has 0 spiro atoms. The number of esters is 1. The van der Waals surface area contributed by atoms with Crippen LogP contribution in [0.25, 0.3) is 0 Å². The Morgan fingerprint density at radius 3 is 2.70 bits per heavy atom. The van der Waals surface area contributed by atoms with Gasteiger partial charge in [-0.3, -0.25) is 10.8 Å². The molecule has 1 aromatic rings. The zero-order valence-electron chi connectivity index (χ0n) is 10.2. The first kappa shape index (κ1) is 15.0. The van der Waals surface area contributed by atoms with Crippen molar-refractivity contribution in [3.8, 4) is 6.07 Å². The van der Waals surface area contributed by atoms with Gasteiger partial charge < -0.3 is 10.5 Å². The Kier molecular flexibility index (Phi) is 4.69. The first-order valence-corrected chi connectivity index (χ1v) is 5.06. The van der Waals surface area contributed by atoms with Crippen molar-refractivity contribution in [2.45, 2.75) is 0 Å². The number of amidine groups is 1. The zero-order valence-corrected chi connectivity index (χ0v) is 10.2. The maximum atomic E-state index is 13.6. The Balaban J connectivity index is 3.29. The van der Waals surface area contributed by atoms with Crippen LogP contribution >= 0.6 is 0 Å². The van der Waals surface area contributed by atoms with Crippen molar-refractivity contribution < 1.29 is 18.3 Å². The number of nitrogens with two attached hydrogens (primary N) is 1. The molecule has 0 radical (unpaired) electrons. The highest BCUT2D eigenvalue weighted by Gasteiger charge is 2.19. The number of hydrogen-bond acceptors (Lipinski definition) is 6. The van der Waals surface area contributed by atoms with Crippen molar-refractivity contribution >= 4 is 23.2 Å². The van der Waals surface area contributed by atoms with Crippen LogP contribution in [-0.2, 0) is 4.74 Å². The topological polar surface area (TPSA) is 124 Å². The molecule has 0 unspecified atom stereocenters. The van der Waals surface area contributed by atoms with Crippen molar-refractivity contribution in [1.82, 2.24) is 0 Å². The summed E-state index contributed by atoms with van der Waals surface area (Å²) in [6, 6.07) is 3.20. The van der Waals surface area contributed by atoms with Gasteiger partial charge in [0.2, 0.25) is 5.71 Å². The third-order valence-electron chi connectivity index (χ3n) is 2.14. The van der Waals surface area contributed by atoms with Gasteiger partial charge in [0.1, 0.15) is 11.8 Å². The number of nitrogens with zero attached hydrogens (tertiary/aromatic N) is 2. The van der Waals surface area contributed by atoms with Gasteiger partial charge in [-0.15, -0.1) is 0 Å². The summed E-state index contributed by atoms with van der Waals surface area (Å²) in [7, 11) is 1.06. The second-order valence-electron chi connectivity index (χ2n) is 3.37. The lowest BCUT2D eigenvalue weighted by atomic mass is 10.1. The summed E-state index contributed by atoms with van der Waals surface area (Å²) in [4.78, 5) is 11.4. The van der Waals surface area contributed by atoms with E-state index in [0.29, 0.717) is 0 Å². The van der Waals surface area contributed by atoms with Gasteiger partial charge >= 0.3 is 5.97 Å². The van der Waals surface area contributed by atoms with Gasteiger partial charge in [0, 0.05) is 0 Å². The summed E-state index contributed by atoms with van der Waals surface area (Å²) in [6.07, 6.45) is 0. The van der Waals surface area contributed by atoms with E-state index >= 15 is 0 Å². The van der Waals surface area contributed by atoms with Crippen LogP contribution in [0.3, 0.4) is 0 Å². The van der Waals surface area contributed by atoms with Crippen molar-refractivity contribution in [1.29, 1.82) is 10.7 Å². The van der Waals surface area contributed by atoms with Crippen LogP contribution in [0.1, 0.15) is 10.4 Å². The van der Waals surface area contributed by atoms with E-state index in [1.54, 1.807) is 0 Å². The van der Waals surface area contributed by atoms with Gasteiger partial charge in [-0.2, -0.15) is 10.4 Å². The number of carbonyl (C=O) groups excluding carboxylic acids is 1. The Labute approximate surface area is 112 Å². The average Bonchev–Trinajstić information content (AvgIpc) is 2.42. The van der Waals surface area contributed by atoms with E-state index in [9.17, 15) is 13.6 Å². The van der Waals surface area contributed by atoms with Crippen LogP contribution in [0.15, 0.2) is 17.2 Å². The molecule has 0 atom stereocenters.